The Bertz CT molecular complexity index is 1130. The molecule has 1 aliphatic rings. The first kappa shape index (κ1) is 19.6. The average Bonchev–Trinajstić information content (AvgIpc) is 2.74. The minimum atomic E-state index is -3.89. The van der Waals surface area contributed by atoms with Crippen LogP contribution < -0.4 is 5.32 Å². The van der Waals surface area contributed by atoms with Crippen LogP contribution in [0.2, 0.25) is 5.02 Å². The number of rotatable bonds is 4. The summed E-state index contributed by atoms with van der Waals surface area (Å²) in [6.07, 6.45) is 0.307. The van der Waals surface area contributed by atoms with Crippen molar-refractivity contribution in [1.82, 2.24) is 4.31 Å². The van der Waals surface area contributed by atoms with Crippen molar-refractivity contribution in [2.45, 2.75) is 23.9 Å². The molecule has 0 saturated carbocycles. The van der Waals surface area contributed by atoms with E-state index in [0.717, 1.165) is 11.1 Å². The lowest BCUT2D eigenvalue weighted by atomic mass is 9.95. The number of para-hydroxylation sites is 1. The van der Waals surface area contributed by atoms with Gasteiger partial charge in [0, 0.05) is 17.3 Å². The number of hydrogen-bond donors (Lipinski definition) is 1. The number of carbonyl (C=O) groups is 1. The van der Waals surface area contributed by atoms with Gasteiger partial charge >= 0.3 is 0 Å². The van der Waals surface area contributed by atoms with E-state index in [2.05, 4.69) is 5.32 Å². The van der Waals surface area contributed by atoms with Gasteiger partial charge in [-0.1, -0.05) is 54.1 Å². The van der Waals surface area contributed by atoms with E-state index < -0.39 is 16.1 Å². The van der Waals surface area contributed by atoms with E-state index >= 15 is 0 Å². The first-order valence-corrected chi connectivity index (χ1v) is 11.0. The van der Waals surface area contributed by atoms with Crippen LogP contribution in [0.4, 0.5) is 5.69 Å². The van der Waals surface area contributed by atoms with Crippen molar-refractivity contribution >= 4 is 33.2 Å². The summed E-state index contributed by atoms with van der Waals surface area (Å²) < 4.78 is 28.0. The Labute approximate surface area is 175 Å². The predicted octanol–water partition coefficient (Wildman–Crippen LogP) is 4.09. The van der Waals surface area contributed by atoms with Crippen LogP contribution in [0, 0.1) is 0 Å². The van der Waals surface area contributed by atoms with E-state index in [-0.39, 0.29) is 17.3 Å². The molecule has 0 aromatic heterocycles. The molecule has 1 N–H and O–H groups in total. The Morgan fingerprint density at radius 1 is 0.897 bits per heavy atom. The standard InChI is InChI=1S/C22H19ClN2O3S/c23-18-10-12-20(13-11-18)29(27,28)25-15-17-7-5-4-6-16(17)14-21(25)22(26)24-19-8-2-1-3-9-19/h1-13,21H,14-15H2,(H,24,26)/t21-/m0/s1. The number of amides is 1. The molecule has 148 valence electrons. The molecule has 1 amide bonds. The zero-order chi connectivity index (χ0) is 20.4. The normalized spacial score (nSPS) is 16.8. The van der Waals surface area contributed by atoms with Gasteiger partial charge in [-0.3, -0.25) is 4.79 Å². The highest BCUT2D eigenvalue weighted by atomic mass is 35.5. The molecule has 3 aromatic rings. The molecule has 0 unspecified atom stereocenters. The summed E-state index contributed by atoms with van der Waals surface area (Å²) in [5, 5.41) is 3.29. The first-order valence-electron chi connectivity index (χ1n) is 9.15. The van der Waals surface area contributed by atoms with E-state index in [9.17, 15) is 13.2 Å². The highest BCUT2D eigenvalue weighted by Crippen LogP contribution is 2.30. The molecule has 5 nitrogen and oxygen atoms in total. The molecule has 4 rings (SSSR count). The summed E-state index contributed by atoms with van der Waals surface area (Å²) in [7, 11) is -3.89. The fraction of sp³-hybridized carbons (Fsp3) is 0.136. The molecule has 0 fully saturated rings. The topological polar surface area (TPSA) is 66.5 Å². The van der Waals surface area contributed by atoms with Gasteiger partial charge < -0.3 is 5.32 Å². The van der Waals surface area contributed by atoms with Crippen LogP contribution in [0.25, 0.3) is 0 Å². The zero-order valence-corrected chi connectivity index (χ0v) is 17.0. The minimum absolute atomic E-state index is 0.110. The van der Waals surface area contributed by atoms with Crippen LogP contribution in [0.5, 0.6) is 0 Å². The van der Waals surface area contributed by atoms with Gasteiger partial charge in [-0.2, -0.15) is 4.31 Å². The smallest absolute Gasteiger partial charge is 0.244 e. The Kier molecular flexibility index (Phi) is 5.41. The number of halogens is 1. The lowest BCUT2D eigenvalue weighted by Crippen LogP contribution is -2.50. The van der Waals surface area contributed by atoms with Crippen LogP contribution >= 0.6 is 11.6 Å². The zero-order valence-electron chi connectivity index (χ0n) is 15.5. The van der Waals surface area contributed by atoms with Crippen molar-refractivity contribution in [1.29, 1.82) is 0 Å². The van der Waals surface area contributed by atoms with E-state index in [4.69, 9.17) is 11.6 Å². The van der Waals surface area contributed by atoms with E-state index in [1.165, 1.54) is 28.6 Å². The summed E-state index contributed by atoms with van der Waals surface area (Å²) in [4.78, 5) is 13.2. The molecular formula is C22H19ClN2O3S. The Morgan fingerprint density at radius 3 is 2.21 bits per heavy atom. The molecule has 0 aliphatic carbocycles. The second kappa shape index (κ2) is 7.99. The fourth-order valence-electron chi connectivity index (χ4n) is 3.46. The average molecular weight is 427 g/mol. The lowest BCUT2D eigenvalue weighted by molar-refractivity contribution is -0.120. The van der Waals surface area contributed by atoms with E-state index in [0.29, 0.717) is 17.1 Å². The van der Waals surface area contributed by atoms with Crippen LogP contribution in [0.1, 0.15) is 11.1 Å². The number of nitrogens with zero attached hydrogens (tertiary/aromatic N) is 1. The number of carbonyl (C=O) groups excluding carboxylic acids is 1. The van der Waals surface area contributed by atoms with Gasteiger partial charge in [-0.15, -0.1) is 0 Å². The summed E-state index contributed by atoms with van der Waals surface area (Å²) in [6.45, 7) is 0.133. The monoisotopic (exact) mass is 426 g/mol. The van der Waals surface area contributed by atoms with Gasteiger partial charge in [0.15, 0.2) is 0 Å². The van der Waals surface area contributed by atoms with E-state index in [1.54, 1.807) is 12.1 Å². The summed E-state index contributed by atoms with van der Waals surface area (Å²) in [5.41, 5.74) is 2.50. The highest BCUT2D eigenvalue weighted by Gasteiger charge is 2.39. The molecule has 1 aliphatic heterocycles. The van der Waals surface area contributed by atoms with Gasteiger partial charge in [0.05, 0.1) is 4.90 Å². The first-order chi connectivity index (χ1) is 13.9. The maximum Gasteiger partial charge on any atom is 0.244 e. The van der Waals surface area contributed by atoms with Gasteiger partial charge in [0.25, 0.3) is 0 Å². The Morgan fingerprint density at radius 2 is 1.52 bits per heavy atom. The second-order valence-corrected chi connectivity index (χ2v) is 9.18. The van der Waals surface area contributed by atoms with Crippen LogP contribution in [0.3, 0.4) is 0 Å². The third-order valence-electron chi connectivity index (χ3n) is 4.97. The molecule has 3 aromatic carbocycles. The van der Waals surface area contributed by atoms with Gasteiger partial charge in [-0.25, -0.2) is 8.42 Å². The third-order valence-corrected chi connectivity index (χ3v) is 7.09. The quantitative estimate of drug-likeness (QED) is 0.683. The number of sulfonamides is 1. The lowest BCUT2D eigenvalue weighted by Gasteiger charge is -2.35. The highest BCUT2D eigenvalue weighted by molar-refractivity contribution is 7.89. The van der Waals surface area contributed by atoms with Crippen LogP contribution in [0.15, 0.2) is 83.8 Å². The number of hydrogen-bond acceptors (Lipinski definition) is 3. The van der Waals surface area contributed by atoms with Crippen LogP contribution in [-0.2, 0) is 27.8 Å². The molecule has 7 heteroatoms. The SMILES string of the molecule is O=C(Nc1ccccc1)[C@@H]1Cc2ccccc2CN1S(=O)(=O)c1ccc(Cl)cc1. The molecule has 29 heavy (non-hydrogen) atoms. The van der Waals surface area contributed by atoms with Gasteiger partial charge in [0.1, 0.15) is 6.04 Å². The molecular weight excluding hydrogens is 408 g/mol. The van der Waals surface area contributed by atoms with E-state index in [1.807, 2.05) is 42.5 Å². The largest absolute Gasteiger partial charge is 0.325 e. The summed E-state index contributed by atoms with van der Waals surface area (Å²) in [6, 6.07) is 21.8. The number of nitrogens with one attached hydrogen (secondary N) is 1. The molecule has 1 heterocycles. The van der Waals surface area contributed by atoms with Crippen molar-refractivity contribution in [3.05, 3.63) is 95.0 Å². The van der Waals surface area contributed by atoms with Gasteiger partial charge in [-0.05, 0) is 53.9 Å². The Hall–Kier alpha value is -2.67. The van der Waals surface area contributed by atoms with Crippen molar-refractivity contribution in [2.75, 3.05) is 5.32 Å². The summed E-state index contributed by atoms with van der Waals surface area (Å²) >= 11 is 5.91. The number of benzene rings is 3. The molecule has 0 spiro atoms. The second-order valence-electron chi connectivity index (χ2n) is 6.85. The van der Waals surface area contributed by atoms with Crippen molar-refractivity contribution < 1.29 is 13.2 Å². The Balaban J connectivity index is 1.72. The molecule has 0 bridgehead atoms. The third kappa shape index (κ3) is 4.05. The predicted molar refractivity (Wildman–Crippen MR) is 113 cm³/mol. The molecule has 0 saturated heterocycles. The van der Waals surface area contributed by atoms with Crippen LogP contribution in [-0.4, -0.2) is 24.7 Å². The van der Waals surface area contributed by atoms with Crippen molar-refractivity contribution in [3.8, 4) is 0 Å². The van der Waals surface area contributed by atoms with Crippen molar-refractivity contribution in [3.63, 3.8) is 0 Å². The fourth-order valence-corrected chi connectivity index (χ4v) is 5.16. The van der Waals surface area contributed by atoms with Gasteiger partial charge in [0.2, 0.25) is 15.9 Å². The minimum Gasteiger partial charge on any atom is -0.325 e. The number of fused-ring (bicyclic) bond motifs is 1. The number of anilines is 1. The summed E-state index contributed by atoms with van der Waals surface area (Å²) in [5.74, 6) is -0.358. The van der Waals surface area contributed by atoms with Crippen molar-refractivity contribution in [2.24, 2.45) is 0 Å². The molecule has 1 atom stereocenters. The maximum atomic E-state index is 13.4. The molecule has 0 radical (unpaired) electrons. The maximum absolute atomic E-state index is 13.4.